The van der Waals surface area contributed by atoms with Gasteiger partial charge < -0.3 is 33.1 Å². The molecule has 0 atom stereocenters. The van der Waals surface area contributed by atoms with Gasteiger partial charge in [-0.3, -0.25) is 9.59 Å². The van der Waals surface area contributed by atoms with Gasteiger partial charge in [-0.05, 0) is 42.5 Å². The lowest BCUT2D eigenvalue weighted by Gasteiger charge is -2.08. The van der Waals surface area contributed by atoms with Crippen LogP contribution < -0.4 is 22.9 Å². The molecule has 28 heavy (non-hydrogen) atoms. The monoisotopic (exact) mass is 380 g/mol. The lowest BCUT2D eigenvalue weighted by atomic mass is 10.0. The van der Waals surface area contributed by atoms with Crippen LogP contribution in [0.15, 0.2) is 60.7 Å². The molecule has 0 fully saturated rings. The molecule has 0 heterocycles. The number of amides is 2. The number of carbonyl (C=O) groups excluding carboxylic acids is 2. The maximum atomic E-state index is 10.6. The molecule has 0 aromatic heterocycles. The molecule has 0 aliphatic carbocycles. The molecular weight excluding hydrogens is 360 g/mol. The molecule has 0 aliphatic heterocycles. The van der Waals surface area contributed by atoms with Crippen molar-refractivity contribution in [3.05, 3.63) is 71.8 Å². The second kappa shape index (κ2) is 8.45. The summed E-state index contributed by atoms with van der Waals surface area (Å²) in [5.41, 5.74) is 23.6. The Labute approximate surface area is 161 Å². The average molecular weight is 380 g/mol. The Kier molecular flexibility index (Phi) is 6.07. The summed E-state index contributed by atoms with van der Waals surface area (Å²) in [4.78, 5) is 21.3. The lowest BCUT2D eigenvalue weighted by Crippen LogP contribution is -2.14. The summed E-state index contributed by atoms with van der Waals surface area (Å²) >= 11 is 0. The summed E-state index contributed by atoms with van der Waals surface area (Å²) in [7, 11) is 0. The number of primary amides is 2. The van der Waals surface area contributed by atoms with Crippen LogP contribution in [0.5, 0.6) is 11.5 Å². The molecule has 0 aliphatic rings. The maximum absolute atomic E-state index is 10.6. The van der Waals surface area contributed by atoms with E-state index in [1.165, 1.54) is 30.3 Å². The van der Waals surface area contributed by atoms with Gasteiger partial charge in [0.25, 0.3) is 0 Å². The SMILES string of the molecule is NC(=O)c1cccc(C(N)=O)c1.Nc1ccc(-c2ccc(N)cc2O)c(O)c1. The van der Waals surface area contributed by atoms with Gasteiger partial charge in [0.1, 0.15) is 11.5 Å². The fourth-order valence-electron chi connectivity index (χ4n) is 2.38. The third-order valence-corrected chi connectivity index (χ3v) is 3.77. The van der Waals surface area contributed by atoms with Crippen LogP contribution in [0.4, 0.5) is 11.4 Å². The van der Waals surface area contributed by atoms with Gasteiger partial charge in [-0.25, -0.2) is 0 Å². The first-order valence-electron chi connectivity index (χ1n) is 8.06. The van der Waals surface area contributed by atoms with E-state index in [0.29, 0.717) is 22.5 Å². The van der Waals surface area contributed by atoms with E-state index < -0.39 is 11.8 Å². The quantitative estimate of drug-likeness (QED) is 0.377. The molecule has 144 valence electrons. The fraction of sp³-hybridized carbons (Fsp3) is 0. The number of rotatable bonds is 3. The molecule has 0 bridgehead atoms. The van der Waals surface area contributed by atoms with E-state index in [4.69, 9.17) is 22.9 Å². The van der Waals surface area contributed by atoms with Crippen molar-refractivity contribution < 1.29 is 19.8 Å². The molecule has 0 unspecified atom stereocenters. The summed E-state index contributed by atoms with van der Waals surface area (Å²) < 4.78 is 0. The van der Waals surface area contributed by atoms with Crippen molar-refractivity contribution in [2.24, 2.45) is 11.5 Å². The van der Waals surface area contributed by atoms with Crippen LogP contribution in [0.2, 0.25) is 0 Å². The van der Waals surface area contributed by atoms with E-state index >= 15 is 0 Å². The fourth-order valence-corrected chi connectivity index (χ4v) is 2.38. The van der Waals surface area contributed by atoms with Crippen molar-refractivity contribution in [3.63, 3.8) is 0 Å². The second-order valence-corrected chi connectivity index (χ2v) is 5.86. The van der Waals surface area contributed by atoms with Gasteiger partial charge in [0.05, 0.1) is 0 Å². The van der Waals surface area contributed by atoms with E-state index in [1.807, 2.05) is 0 Å². The number of nitrogen functional groups attached to an aromatic ring is 2. The summed E-state index contributed by atoms with van der Waals surface area (Å²) in [5.74, 6) is -1.09. The zero-order valence-corrected chi connectivity index (χ0v) is 14.8. The van der Waals surface area contributed by atoms with Crippen molar-refractivity contribution in [2.45, 2.75) is 0 Å². The molecule has 3 rings (SSSR count). The number of benzene rings is 3. The van der Waals surface area contributed by atoms with Gasteiger partial charge in [-0.2, -0.15) is 0 Å². The molecular formula is C20H20N4O4. The topological polar surface area (TPSA) is 179 Å². The Morgan fingerprint density at radius 2 is 1.04 bits per heavy atom. The lowest BCUT2D eigenvalue weighted by molar-refractivity contribution is 0.0999. The largest absolute Gasteiger partial charge is 0.507 e. The van der Waals surface area contributed by atoms with Crippen molar-refractivity contribution >= 4 is 23.2 Å². The molecule has 10 N–H and O–H groups in total. The van der Waals surface area contributed by atoms with Crippen LogP contribution in [0, 0.1) is 0 Å². The normalized spacial score (nSPS) is 9.86. The number of phenols is 2. The molecule has 0 saturated carbocycles. The van der Waals surface area contributed by atoms with Crippen LogP contribution in [-0.4, -0.2) is 22.0 Å². The van der Waals surface area contributed by atoms with Crippen molar-refractivity contribution in [1.82, 2.24) is 0 Å². The first kappa shape index (κ1) is 20.1. The predicted molar refractivity (Wildman–Crippen MR) is 108 cm³/mol. The molecule has 0 radical (unpaired) electrons. The number of hydrogen-bond acceptors (Lipinski definition) is 6. The molecule has 2 amide bonds. The van der Waals surface area contributed by atoms with Gasteiger partial charge in [0.15, 0.2) is 0 Å². The highest BCUT2D eigenvalue weighted by molar-refractivity contribution is 5.98. The minimum atomic E-state index is -0.571. The first-order valence-corrected chi connectivity index (χ1v) is 8.06. The Bertz CT molecular complexity index is 956. The minimum absolute atomic E-state index is 0.0278. The Morgan fingerprint density at radius 1 is 0.643 bits per heavy atom. The van der Waals surface area contributed by atoms with Gasteiger partial charge in [0.2, 0.25) is 11.8 Å². The predicted octanol–water partition coefficient (Wildman–Crippen LogP) is 1.81. The summed E-state index contributed by atoms with van der Waals surface area (Å²) in [6.07, 6.45) is 0. The second-order valence-electron chi connectivity index (χ2n) is 5.86. The highest BCUT2D eigenvalue weighted by Crippen LogP contribution is 2.36. The van der Waals surface area contributed by atoms with Crippen LogP contribution >= 0.6 is 0 Å². The summed E-state index contributed by atoms with van der Waals surface area (Å²) in [5, 5.41) is 19.4. The van der Waals surface area contributed by atoms with Crippen molar-refractivity contribution in [3.8, 4) is 22.6 Å². The van der Waals surface area contributed by atoms with Crippen LogP contribution in [0.25, 0.3) is 11.1 Å². The van der Waals surface area contributed by atoms with Gasteiger partial charge >= 0.3 is 0 Å². The minimum Gasteiger partial charge on any atom is -0.507 e. The van der Waals surface area contributed by atoms with Crippen molar-refractivity contribution in [1.29, 1.82) is 0 Å². The van der Waals surface area contributed by atoms with E-state index in [9.17, 15) is 19.8 Å². The summed E-state index contributed by atoms with van der Waals surface area (Å²) in [6.45, 7) is 0. The van der Waals surface area contributed by atoms with E-state index in [0.717, 1.165) is 0 Å². The molecule has 3 aromatic rings. The summed E-state index contributed by atoms with van der Waals surface area (Å²) in [6, 6.07) is 15.5. The standard InChI is InChI=1S/C12H12N2O2.C8H8N2O2/c13-7-1-3-9(11(15)5-7)10-4-2-8(14)6-12(10)16;9-7(11)5-2-1-3-6(4-5)8(10)12/h1-6,15-16H,13-14H2;1-4H,(H2,9,11)(H2,10,12). The molecule has 8 heteroatoms. The Balaban J connectivity index is 0.000000209. The third-order valence-electron chi connectivity index (χ3n) is 3.77. The zero-order chi connectivity index (χ0) is 20.8. The number of aromatic hydroxyl groups is 2. The Morgan fingerprint density at radius 3 is 1.36 bits per heavy atom. The number of hydrogen-bond donors (Lipinski definition) is 6. The first-order chi connectivity index (χ1) is 13.2. The number of phenolic OH excluding ortho intramolecular Hbond substituents is 2. The van der Waals surface area contributed by atoms with Crippen molar-refractivity contribution in [2.75, 3.05) is 11.5 Å². The van der Waals surface area contributed by atoms with Gasteiger partial charge in [-0.1, -0.05) is 6.07 Å². The molecule has 0 saturated heterocycles. The highest BCUT2D eigenvalue weighted by atomic mass is 16.3. The molecule has 3 aromatic carbocycles. The van der Waals surface area contributed by atoms with E-state index in [1.54, 1.807) is 30.3 Å². The van der Waals surface area contributed by atoms with E-state index in [-0.39, 0.29) is 22.6 Å². The van der Waals surface area contributed by atoms with Gasteiger partial charge in [-0.15, -0.1) is 0 Å². The highest BCUT2D eigenvalue weighted by Gasteiger charge is 2.09. The van der Waals surface area contributed by atoms with Gasteiger partial charge in [0, 0.05) is 45.8 Å². The Hall–Kier alpha value is -4.20. The third kappa shape index (κ3) is 4.92. The number of anilines is 2. The smallest absolute Gasteiger partial charge is 0.248 e. The molecule has 0 spiro atoms. The maximum Gasteiger partial charge on any atom is 0.248 e. The van der Waals surface area contributed by atoms with Crippen LogP contribution in [-0.2, 0) is 0 Å². The van der Waals surface area contributed by atoms with Crippen LogP contribution in [0.3, 0.4) is 0 Å². The molecule has 8 nitrogen and oxygen atoms in total. The van der Waals surface area contributed by atoms with Crippen LogP contribution in [0.1, 0.15) is 20.7 Å². The average Bonchev–Trinajstić information content (AvgIpc) is 2.63. The number of nitrogens with two attached hydrogens (primary N) is 4. The van der Waals surface area contributed by atoms with E-state index in [2.05, 4.69) is 0 Å². The number of carbonyl (C=O) groups is 2. The zero-order valence-electron chi connectivity index (χ0n) is 14.8.